The van der Waals surface area contributed by atoms with Crippen molar-refractivity contribution in [1.82, 2.24) is 4.98 Å². The van der Waals surface area contributed by atoms with E-state index in [4.69, 9.17) is 0 Å². The highest BCUT2D eigenvalue weighted by molar-refractivity contribution is 7.07. The number of ketones is 1. The van der Waals surface area contributed by atoms with Crippen LogP contribution in [-0.4, -0.2) is 10.8 Å². The number of rotatable bonds is 2. The fourth-order valence-corrected chi connectivity index (χ4v) is 2.51. The quantitative estimate of drug-likeness (QED) is 0.918. The number of Topliss-reactive ketones (excluding diaryl/α,β-unsaturated/α-hetero) is 1. The van der Waals surface area contributed by atoms with E-state index in [0.29, 0.717) is 4.66 Å². The first kappa shape index (κ1) is 16.3. The van der Waals surface area contributed by atoms with Crippen molar-refractivity contribution in [3.8, 4) is 0 Å². The predicted octanol–water partition coefficient (Wildman–Crippen LogP) is 1.94. The Morgan fingerprint density at radius 1 is 1.23 bits per heavy atom. The van der Waals surface area contributed by atoms with Gasteiger partial charge >= 0.3 is 0 Å². The Balaban J connectivity index is 2.57. The van der Waals surface area contributed by atoms with Gasteiger partial charge in [-0.1, -0.05) is 26.8 Å². The first-order chi connectivity index (χ1) is 10.2. The lowest BCUT2D eigenvalue weighted by Gasteiger charge is -2.12. The van der Waals surface area contributed by atoms with E-state index >= 15 is 0 Å². The van der Waals surface area contributed by atoms with E-state index in [1.807, 2.05) is 0 Å². The smallest absolute Gasteiger partial charge is 0.266 e. The van der Waals surface area contributed by atoms with Crippen molar-refractivity contribution in [3.63, 3.8) is 0 Å². The summed E-state index contributed by atoms with van der Waals surface area (Å²) in [6.07, 6.45) is 2.48. The molecule has 0 unspecified atom stereocenters. The summed E-state index contributed by atoms with van der Waals surface area (Å²) < 4.78 is 27.7. The SMILES string of the molecule is CC(C)(C)C(=O)/C=c1\[nH]c(=O)/c(=C/c2c(F)cccc2F)s1. The zero-order valence-electron chi connectivity index (χ0n) is 12.4. The van der Waals surface area contributed by atoms with Crippen LogP contribution in [0.2, 0.25) is 0 Å². The Morgan fingerprint density at radius 2 is 1.82 bits per heavy atom. The molecule has 2 rings (SSSR count). The van der Waals surface area contributed by atoms with Crippen LogP contribution in [0.4, 0.5) is 8.78 Å². The maximum absolute atomic E-state index is 13.6. The molecule has 0 saturated carbocycles. The number of nitrogens with one attached hydrogen (secondary N) is 1. The Kier molecular flexibility index (Phi) is 4.42. The molecule has 1 heterocycles. The summed E-state index contributed by atoms with van der Waals surface area (Å²) in [7, 11) is 0. The van der Waals surface area contributed by atoms with Gasteiger partial charge in [-0.25, -0.2) is 8.78 Å². The molecule has 0 amide bonds. The Hall–Kier alpha value is -2.08. The second-order valence-corrected chi connectivity index (χ2v) is 6.91. The van der Waals surface area contributed by atoms with Crippen molar-refractivity contribution in [3.05, 3.63) is 54.9 Å². The predicted molar refractivity (Wildman–Crippen MR) is 83.0 cm³/mol. The van der Waals surface area contributed by atoms with Crippen molar-refractivity contribution in [2.45, 2.75) is 20.8 Å². The van der Waals surface area contributed by atoms with Gasteiger partial charge in [-0.15, -0.1) is 11.3 Å². The van der Waals surface area contributed by atoms with Crippen molar-refractivity contribution in [1.29, 1.82) is 0 Å². The number of carbonyl (C=O) groups is 1. The normalized spacial score (nSPS) is 13.7. The number of aromatic amines is 1. The van der Waals surface area contributed by atoms with Crippen molar-refractivity contribution in [2.24, 2.45) is 5.41 Å². The standard InChI is InChI=1S/C16H15F2NO2S/c1-16(2,3)13(20)8-14-19-15(21)12(22-14)7-9-10(17)5-4-6-11(9)18/h4-8H,1-3H3,(H,19,21)/b12-7-,14-8+. The van der Waals surface area contributed by atoms with E-state index < -0.39 is 22.6 Å². The van der Waals surface area contributed by atoms with Gasteiger partial charge < -0.3 is 4.98 Å². The summed E-state index contributed by atoms with van der Waals surface area (Å²) in [5.41, 5.74) is -1.33. The summed E-state index contributed by atoms with van der Waals surface area (Å²) in [5.74, 6) is -1.64. The lowest BCUT2D eigenvalue weighted by molar-refractivity contribution is -0.119. The van der Waals surface area contributed by atoms with Crippen molar-refractivity contribution in [2.75, 3.05) is 0 Å². The lowest BCUT2D eigenvalue weighted by atomic mass is 9.91. The molecule has 3 nitrogen and oxygen atoms in total. The minimum absolute atomic E-state index is 0.136. The second-order valence-electron chi connectivity index (χ2n) is 5.82. The summed E-state index contributed by atoms with van der Waals surface area (Å²) in [5, 5.41) is 0. The van der Waals surface area contributed by atoms with Crippen LogP contribution in [0.25, 0.3) is 12.2 Å². The lowest BCUT2D eigenvalue weighted by Crippen LogP contribution is -2.22. The third-order valence-electron chi connectivity index (χ3n) is 2.96. The topological polar surface area (TPSA) is 49.9 Å². The molecule has 0 saturated heterocycles. The molecule has 2 aromatic rings. The number of benzene rings is 1. The van der Waals surface area contributed by atoms with Crippen molar-refractivity contribution >= 4 is 29.3 Å². The molecule has 6 heteroatoms. The molecule has 0 bridgehead atoms. The number of thiazole rings is 1. The molecule has 1 N–H and O–H groups in total. The minimum atomic E-state index is -0.746. The molecule has 0 aliphatic rings. The van der Waals surface area contributed by atoms with E-state index in [9.17, 15) is 18.4 Å². The zero-order chi connectivity index (χ0) is 16.5. The van der Waals surface area contributed by atoms with Crippen LogP contribution in [0.1, 0.15) is 26.3 Å². The van der Waals surface area contributed by atoms with Gasteiger partial charge in [0.2, 0.25) is 0 Å². The fourth-order valence-electron chi connectivity index (χ4n) is 1.64. The zero-order valence-corrected chi connectivity index (χ0v) is 13.2. The molecule has 0 aliphatic heterocycles. The average Bonchev–Trinajstić information content (AvgIpc) is 2.73. The third kappa shape index (κ3) is 3.57. The third-order valence-corrected chi connectivity index (χ3v) is 3.92. The molecule has 0 radical (unpaired) electrons. The summed E-state index contributed by atoms with van der Waals surface area (Å²) in [6, 6.07) is 3.49. The Labute approximate surface area is 129 Å². The monoisotopic (exact) mass is 323 g/mol. The van der Waals surface area contributed by atoms with Gasteiger partial charge in [0.1, 0.15) is 11.6 Å². The number of aromatic nitrogens is 1. The van der Waals surface area contributed by atoms with Gasteiger partial charge in [0, 0.05) is 17.1 Å². The van der Waals surface area contributed by atoms with Crippen LogP contribution >= 0.6 is 11.3 Å². The number of H-pyrrole nitrogens is 1. The maximum atomic E-state index is 13.6. The first-order valence-corrected chi connectivity index (χ1v) is 7.41. The molecule has 1 aromatic heterocycles. The van der Waals surface area contributed by atoms with E-state index in [-0.39, 0.29) is 15.9 Å². The molecule has 0 fully saturated rings. The average molecular weight is 323 g/mol. The van der Waals surface area contributed by atoms with E-state index in [0.717, 1.165) is 29.5 Å². The molecule has 0 spiro atoms. The Bertz CT molecular complexity index is 868. The van der Waals surface area contributed by atoms with Gasteiger partial charge in [-0.2, -0.15) is 0 Å². The first-order valence-electron chi connectivity index (χ1n) is 6.59. The van der Waals surface area contributed by atoms with Crippen LogP contribution in [0.15, 0.2) is 23.0 Å². The van der Waals surface area contributed by atoms with Crippen LogP contribution in [0, 0.1) is 17.0 Å². The highest BCUT2D eigenvalue weighted by Gasteiger charge is 2.18. The highest BCUT2D eigenvalue weighted by Crippen LogP contribution is 2.15. The molecular weight excluding hydrogens is 308 g/mol. The van der Waals surface area contributed by atoms with E-state index in [1.165, 1.54) is 12.1 Å². The molecule has 22 heavy (non-hydrogen) atoms. The number of hydrogen-bond donors (Lipinski definition) is 1. The summed E-state index contributed by atoms with van der Waals surface area (Å²) >= 11 is 0.983. The van der Waals surface area contributed by atoms with Crippen LogP contribution < -0.4 is 14.8 Å². The summed E-state index contributed by atoms with van der Waals surface area (Å²) in [6.45, 7) is 5.29. The maximum Gasteiger partial charge on any atom is 0.266 e. The largest absolute Gasteiger partial charge is 0.313 e. The molecule has 1 aromatic carbocycles. The minimum Gasteiger partial charge on any atom is -0.313 e. The van der Waals surface area contributed by atoms with E-state index in [2.05, 4.69) is 4.98 Å². The summed E-state index contributed by atoms with van der Waals surface area (Å²) in [4.78, 5) is 26.3. The molecule has 0 atom stereocenters. The molecular formula is C16H15F2NO2S. The van der Waals surface area contributed by atoms with Gasteiger partial charge in [0.05, 0.1) is 9.20 Å². The Morgan fingerprint density at radius 3 is 2.36 bits per heavy atom. The van der Waals surface area contributed by atoms with Gasteiger partial charge in [-0.3, -0.25) is 9.59 Å². The highest BCUT2D eigenvalue weighted by atomic mass is 32.1. The van der Waals surface area contributed by atoms with Crippen LogP contribution in [-0.2, 0) is 4.79 Å². The number of halogens is 2. The van der Waals surface area contributed by atoms with Crippen molar-refractivity contribution < 1.29 is 13.6 Å². The van der Waals surface area contributed by atoms with E-state index in [1.54, 1.807) is 20.8 Å². The van der Waals surface area contributed by atoms with Gasteiger partial charge in [0.15, 0.2) is 5.78 Å². The number of carbonyl (C=O) groups excluding carboxylic acids is 1. The second kappa shape index (κ2) is 5.96. The fraction of sp³-hybridized carbons (Fsp3) is 0.250. The molecule has 116 valence electrons. The number of hydrogen-bond acceptors (Lipinski definition) is 3. The van der Waals surface area contributed by atoms with Gasteiger partial charge in [-0.05, 0) is 18.2 Å². The van der Waals surface area contributed by atoms with Crippen LogP contribution in [0.5, 0.6) is 0 Å². The molecule has 0 aliphatic carbocycles. The van der Waals surface area contributed by atoms with Gasteiger partial charge in [0.25, 0.3) is 5.56 Å². The van der Waals surface area contributed by atoms with Crippen LogP contribution in [0.3, 0.4) is 0 Å².